The van der Waals surface area contributed by atoms with Gasteiger partial charge in [0.05, 0.1) is 0 Å². The SMILES string of the molecule is CCCCc1cccc(CCCC)c1C([O])CCC. The largest absolute Gasteiger partial charge is 0.228 e. The molecule has 1 aromatic rings. The van der Waals surface area contributed by atoms with Crippen LogP contribution in [0.3, 0.4) is 0 Å². The third-order valence-electron chi connectivity index (χ3n) is 3.76. The maximum Gasteiger partial charge on any atom is 0.118 e. The molecule has 0 aliphatic rings. The van der Waals surface area contributed by atoms with Crippen molar-refractivity contribution in [2.75, 3.05) is 0 Å². The van der Waals surface area contributed by atoms with Crippen molar-refractivity contribution < 1.29 is 5.11 Å². The standard InChI is InChI=1S/C18H29O/c1-4-7-11-15-13-9-14-16(12-8-5-2)18(15)17(19)10-6-3/h9,13-14,17H,4-8,10-12H2,1-3H3. The summed E-state index contributed by atoms with van der Waals surface area (Å²) in [6.07, 6.45) is 8.09. The van der Waals surface area contributed by atoms with E-state index in [4.69, 9.17) is 0 Å². The van der Waals surface area contributed by atoms with Gasteiger partial charge in [-0.25, -0.2) is 5.11 Å². The summed E-state index contributed by atoms with van der Waals surface area (Å²) in [5.41, 5.74) is 3.75. The predicted molar refractivity (Wildman–Crippen MR) is 82.0 cm³/mol. The first-order valence-electron chi connectivity index (χ1n) is 8.01. The van der Waals surface area contributed by atoms with E-state index in [1.165, 1.54) is 36.8 Å². The molecule has 1 aromatic carbocycles. The van der Waals surface area contributed by atoms with Gasteiger partial charge in [0.15, 0.2) is 0 Å². The minimum absolute atomic E-state index is 0.523. The van der Waals surface area contributed by atoms with Crippen molar-refractivity contribution in [1.29, 1.82) is 0 Å². The van der Waals surface area contributed by atoms with Crippen LogP contribution in [0.5, 0.6) is 0 Å². The van der Waals surface area contributed by atoms with E-state index in [2.05, 4.69) is 39.0 Å². The van der Waals surface area contributed by atoms with Gasteiger partial charge in [0.1, 0.15) is 6.10 Å². The zero-order valence-corrected chi connectivity index (χ0v) is 12.9. The summed E-state index contributed by atoms with van der Waals surface area (Å²) >= 11 is 0. The highest BCUT2D eigenvalue weighted by Crippen LogP contribution is 2.29. The molecule has 19 heavy (non-hydrogen) atoms. The molecule has 1 rings (SSSR count). The third kappa shape index (κ3) is 4.99. The Hall–Kier alpha value is -0.820. The zero-order chi connectivity index (χ0) is 14.1. The minimum atomic E-state index is -0.523. The summed E-state index contributed by atoms with van der Waals surface area (Å²) in [4.78, 5) is 0. The fourth-order valence-corrected chi connectivity index (χ4v) is 2.66. The molecule has 0 amide bonds. The van der Waals surface area contributed by atoms with Crippen LogP contribution in [0, 0.1) is 0 Å². The minimum Gasteiger partial charge on any atom is -0.228 e. The molecule has 1 nitrogen and oxygen atoms in total. The normalized spacial score (nSPS) is 12.6. The lowest BCUT2D eigenvalue weighted by atomic mass is 9.89. The van der Waals surface area contributed by atoms with Crippen LogP contribution in [-0.2, 0) is 17.9 Å². The topological polar surface area (TPSA) is 19.9 Å². The Kier molecular flexibility index (Phi) is 7.81. The summed E-state index contributed by atoms with van der Waals surface area (Å²) in [6, 6.07) is 6.47. The molecule has 0 heterocycles. The quantitative estimate of drug-likeness (QED) is 0.548. The molecule has 0 spiro atoms. The first-order chi connectivity index (χ1) is 9.24. The number of hydrogen-bond acceptors (Lipinski definition) is 0. The van der Waals surface area contributed by atoms with E-state index in [0.717, 1.165) is 31.2 Å². The molecule has 0 aliphatic heterocycles. The number of benzene rings is 1. The molecular weight excluding hydrogens is 232 g/mol. The lowest BCUT2D eigenvalue weighted by Crippen LogP contribution is -2.06. The number of hydrogen-bond donors (Lipinski definition) is 0. The van der Waals surface area contributed by atoms with Crippen LogP contribution in [-0.4, -0.2) is 0 Å². The van der Waals surface area contributed by atoms with Gasteiger partial charge in [0.2, 0.25) is 0 Å². The molecular formula is C18H29O. The van der Waals surface area contributed by atoms with Gasteiger partial charge < -0.3 is 0 Å². The van der Waals surface area contributed by atoms with Crippen molar-refractivity contribution in [3.8, 4) is 0 Å². The fourth-order valence-electron chi connectivity index (χ4n) is 2.66. The Balaban J connectivity index is 3.00. The summed E-state index contributed by atoms with van der Waals surface area (Å²) in [7, 11) is 0. The van der Waals surface area contributed by atoms with Crippen LogP contribution in [0.4, 0.5) is 0 Å². The highest BCUT2D eigenvalue weighted by atomic mass is 16.3. The molecule has 0 N–H and O–H groups in total. The molecule has 1 atom stereocenters. The molecule has 107 valence electrons. The summed E-state index contributed by atoms with van der Waals surface area (Å²) in [5.74, 6) is 0. The Morgan fingerprint density at radius 1 is 0.895 bits per heavy atom. The van der Waals surface area contributed by atoms with Crippen LogP contribution >= 0.6 is 0 Å². The molecule has 0 saturated carbocycles. The van der Waals surface area contributed by atoms with Gasteiger partial charge in [0, 0.05) is 0 Å². The number of unbranched alkanes of at least 4 members (excludes halogenated alkanes) is 2. The van der Waals surface area contributed by atoms with E-state index < -0.39 is 6.10 Å². The molecule has 0 aromatic heterocycles. The zero-order valence-electron chi connectivity index (χ0n) is 12.9. The van der Waals surface area contributed by atoms with Crippen molar-refractivity contribution in [2.24, 2.45) is 0 Å². The number of rotatable bonds is 9. The van der Waals surface area contributed by atoms with Crippen LogP contribution in [0.25, 0.3) is 0 Å². The van der Waals surface area contributed by atoms with Gasteiger partial charge in [-0.15, -0.1) is 0 Å². The Morgan fingerprint density at radius 2 is 1.42 bits per heavy atom. The maximum atomic E-state index is 12.5. The Labute approximate surface area is 119 Å². The Bertz CT molecular complexity index is 330. The summed E-state index contributed by atoms with van der Waals surface area (Å²) < 4.78 is 0. The van der Waals surface area contributed by atoms with Crippen LogP contribution in [0.15, 0.2) is 18.2 Å². The van der Waals surface area contributed by atoms with Crippen molar-refractivity contribution in [3.63, 3.8) is 0 Å². The van der Waals surface area contributed by atoms with Crippen molar-refractivity contribution in [1.82, 2.24) is 0 Å². The van der Waals surface area contributed by atoms with Crippen molar-refractivity contribution in [3.05, 3.63) is 34.9 Å². The highest BCUT2D eigenvalue weighted by Gasteiger charge is 2.17. The van der Waals surface area contributed by atoms with Crippen LogP contribution < -0.4 is 0 Å². The van der Waals surface area contributed by atoms with Crippen molar-refractivity contribution in [2.45, 2.75) is 78.2 Å². The molecule has 0 aliphatic carbocycles. The molecule has 0 saturated heterocycles. The average Bonchev–Trinajstić information content (AvgIpc) is 2.42. The van der Waals surface area contributed by atoms with Crippen LogP contribution in [0.2, 0.25) is 0 Å². The summed E-state index contributed by atoms with van der Waals surface area (Å²) in [6.45, 7) is 6.52. The fraction of sp³-hybridized carbons (Fsp3) is 0.667. The second-order valence-electron chi connectivity index (χ2n) is 5.47. The summed E-state index contributed by atoms with van der Waals surface area (Å²) in [5, 5.41) is 12.5. The first-order valence-corrected chi connectivity index (χ1v) is 8.01. The van der Waals surface area contributed by atoms with Crippen molar-refractivity contribution >= 4 is 0 Å². The predicted octanol–water partition coefficient (Wildman–Crippen LogP) is 5.64. The molecule has 0 bridgehead atoms. The van der Waals surface area contributed by atoms with Gasteiger partial charge in [-0.3, -0.25) is 0 Å². The average molecular weight is 261 g/mol. The highest BCUT2D eigenvalue weighted by molar-refractivity contribution is 5.37. The van der Waals surface area contributed by atoms with Gasteiger partial charge >= 0.3 is 0 Å². The van der Waals surface area contributed by atoms with E-state index in [1.54, 1.807) is 0 Å². The van der Waals surface area contributed by atoms with Crippen LogP contribution in [0.1, 0.15) is 82.1 Å². The van der Waals surface area contributed by atoms with E-state index in [0.29, 0.717) is 0 Å². The molecule has 1 radical (unpaired) electrons. The van der Waals surface area contributed by atoms with Gasteiger partial charge in [-0.1, -0.05) is 58.2 Å². The molecule has 1 unspecified atom stereocenters. The monoisotopic (exact) mass is 261 g/mol. The number of aryl methyl sites for hydroxylation is 2. The molecule has 0 fully saturated rings. The van der Waals surface area contributed by atoms with E-state index in [-0.39, 0.29) is 0 Å². The van der Waals surface area contributed by atoms with E-state index >= 15 is 0 Å². The van der Waals surface area contributed by atoms with E-state index in [9.17, 15) is 5.11 Å². The van der Waals surface area contributed by atoms with Gasteiger partial charge in [-0.05, 0) is 48.8 Å². The lowest BCUT2D eigenvalue weighted by molar-refractivity contribution is 0.0789. The van der Waals surface area contributed by atoms with Gasteiger partial charge in [-0.2, -0.15) is 0 Å². The first kappa shape index (κ1) is 16.2. The Morgan fingerprint density at radius 3 is 1.84 bits per heavy atom. The second-order valence-corrected chi connectivity index (χ2v) is 5.47. The maximum absolute atomic E-state index is 12.5. The van der Waals surface area contributed by atoms with Gasteiger partial charge in [0.25, 0.3) is 0 Å². The molecule has 1 heteroatoms. The third-order valence-corrected chi connectivity index (χ3v) is 3.76. The van der Waals surface area contributed by atoms with E-state index in [1.807, 2.05) is 0 Å². The smallest absolute Gasteiger partial charge is 0.118 e. The lowest BCUT2D eigenvalue weighted by Gasteiger charge is -2.18. The second kappa shape index (κ2) is 9.14.